The van der Waals surface area contributed by atoms with E-state index in [1.54, 1.807) is 11.0 Å². The van der Waals surface area contributed by atoms with Crippen LogP contribution in [0.3, 0.4) is 0 Å². The lowest BCUT2D eigenvalue weighted by atomic mass is 10.3. The highest BCUT2D eigenvalue weighted by Crippen LogP contribution is 2.13. The topological polar surface area (TPSA) is 37.4 Å². The predicted octanol–water partition coefficient (Wildman–Crippen LogP) is 1.55. The second kappa shape index (κ2) is 3.92. The molecule has 0 atom stereocenters. The summed E-state index contributed by atoms with van der Waals surface area (Å²) in [6.07, 6.45) is 1.48. The molecule has 1 saturated heterocycles. The van der Waals surface area contributed by atoms with Crippen LogP contribution in [0.25, 0.3) is 0 Å². The summed E-state index contributed by atoms with van der Waals surface area (Å²) in [7, 11) is 0. The summed E-state index contributed by atoms with van der Waals surface area (Å²) in [4.78, 5) is 25.3. The lowest BCUT2D eigenvalue weighted by molar-refractivity contribution is -0.127. The van der Waals surface area contributed by atoms with Gasteiger partial charge in [-0.1, -0.05) is 6.07 Å². The Labute approximate surface area is 86.3 Å². The van der Waals surface area contributed by atoms with E-state index in [0.717, 1.165) is 17.8 Å². The van der Waals surface area contributed by atoms with Crippen LogP contribution >= 0.6 is 11.3 Å². The van der Waals surface area contributed by atoms with Gasteiger partial charge in [0.05, 0.1) is 11.4 Å². The maximum Gasteiger partial charge on any atom is 0.223 e. The fourth-order valence-corrected chi connectivity index (χ4v) is 2.22. The molecule has 0 aromatic carbocycles. The van der Waals surface area contributed by atoms with E-state index in [-0.39, 0.29) is 18.2 Å². The van der Waals surface area contributed by atoms with E-state index < -0.39 is 0 Å². The molecule has 0 N–H and O–H groups in total. The summed E-state index contributed by atoms with van der Waals surface area (Å²) in [5.41, 5.74) is 0. The molecule has 1 aromatic heterocycles. The normalized spacial score (nSPS) is 16.3. The zero-order valence-corrected chi connectivity index (χ0v) is 8.55. The van der Waals surface area contributed by atoms with Gasteiger partial charge in [-0.2, -0.15) is 0 Å². The van der Waals surface area contributed by atoms with E-state index in [1.165, 1.54) is 11.3 Å². The third kappa shape index (κ3) is 1.85. The van der Waals surface area contributed by atoms with Crippen molar-refractivity contribution in [1.82, 2.24) is 4.90 Å². The van der Waals surface area contributed by atoms with Crippen molar-refractivity contribution in [2.75, 3.05) is 13.1 Å². The van der Waals surface area contributed by atoms with E-state index >= 15 is 0 Å². The first-order chi connectivity index (χ1) is 6.77. The van der Waals surface area contributed by atoms with Crippen molar-refractivity contribution in [3.63, 3.8) is 0 Å². The number of thiophene rings is 1. The summed E-state index contributed by atoms with van der Waals surface area (Å²) in [5.74, 6) is 0.158. The quantitative estimate of drug-likeness (QED) is 0.708. The Bertz CT molecular complexity index is 345. The van der Waals surface area contributed by atoms with Crippen molar-refractivity contribution in [2.45, 2.75) is 12.8 Å². The average molecular weight is 209 g/mol. The maximum absolute atomic E-state index is 11.6. The summed E-state index contributed by atoms with van der Waals surface area (Å²) in [6, 6.07) is 3.65. The Balaban J connectivity index is 1.98. The summed E-state index contributed by atoms with van der Waals surface area (Å²) in [5, 5.41) is 1.87. The van der Waals surface area contributed by atoms with Gasteiger partial charge in [-0.25, -0.2) is 0 Å². The lowest BCUT2D eigenvalue weighted by Gasteiger charge is -2.13. The van der Waals surface area contributed by atoms with Crippen LogP contribution < -0.4 is 0 Å². The van der Waals surface area contributed by atoms with Crippen LogP contribution in [0.15, 0.2) is 17.5 Å². The fraction of sp³-hybridized carbons (Fsp3) is 0.400. The molecule has 0 aliphatic carbocycles. The first-order valence-electron chi connectivity index (χ1n) is 4.62. The molecule has 1 aliphatic heterocycles. The molecule has 0 spiro atoms. The highest BCUT2D eigenvalue weighted by Gasteiger charge is 2.22. The highest BCUT2D eigenvalue weighted by atomic mass is 32.1. The van der Waals surface area contributed by atoms with Crippen LogP contribution in [-0.4, -0.2) is 29.7 Å². The van der Waals surface area contributed by atoms with E-state index in [9.17, 15) is 9.59 Å². The Kier molecular flexibility index (Phi) is 2.63. The summed E-state index contributed by atoms with van der Waals surface area (Å²) >= 11 is 1.43. The van der Waals surface area contributed by atoms with Crippen LogP contribution in [0.5, 0.6) is 0 Å². The molecular weight excluding hydrogens is 198 g/mol. The molecule has 14 heavy (non-hydrogen) atoms. The summed E-state index contributed by atoms with van der Waals surface area (Å²) in [6.45, 7) is 0.981. The number of nitrogens with zero attached hydrogens (tertiary/aromatic N) is 1. The van der Waals surface area contributed by atoms with Crippen LogP contribution in [0.2, 0.25) is 0 Å². The van der Waals surface area contributed by atoms with Gasteiger partial charge in [0.1, 0.15) is 0 Å². The SMILES string of the molecule is O=C(CN1CCCC1=O)c1cccs1. The van der Waals surface area contributed by atoms with Crippen molar-refractivity contribution in [1.29, 1.82) is 0 Å². The number of carbonyl (C=O) groups excluding carboxylic acids is 2. The van der Waals surface area contributed by atoms with Crippen molar-refractivity contribution >= 4 is 23.0 Å². The Hall–Kier alpha value is -1.16. The molecule has 3 nitrogen and oxygen atoms in total. The highest BCUT2D eigenvalue weighted by molar-refractivity contribution is 7.12. The van der Waals surface area contributed by atoms with Crippen molar-refractivity contribution in [3.8, 4) is 0 Å². The van der Waals surface area contributed by atoms with Gasteiger partial charge in [-0.3, -0.25) is 9.59 Å². The molecule has 0 bridgehead atoms. The number of hydrogen-bond acceptors (Lipinski definition) is 3. The molecule has 1 amide bonds. The van der Waals surface area contributed by atoms with Crippen LogP contribution in [-0.2, 0) is 4.79 Å². The number of likely N-dealkylation sites (tertiary alicyclic amines) is 1. The Morgan fingerprint density at radius 2 is 2.43 bits per heavy atom. The number of ketones is 1. The van der Waals surface area contributed by atoms with E-state index in [0.29, 0.717) is 6.42 Å². The molecule has 0 unspecified atom stereocenters. The smallest absolute Gasteiger partial charge is 0.223 e. The molecule has 1 aliphatic rings. The van der Waals surface area contributed by atoms with Gasteiger partial charge in [0.25, 0.3) is 0 Å². The van der Waals surface area contributed by atoms with Crippen molar-refractivity contribution in [2.24, 2.45) is 0 Å². The first-order valence-corrected chi connectivity index (χ1v) is 5.50. The molecule has 2 heterocycles. The lowest BCUT2D eigenvalue weighted by Crippen LogP contribution is -2.30. The van der Waals surface area contributed by atoms with E-state index in [2.05, 4.69) is 0 Å². The molecule has 1 aromatic rings. The second-order valence-electron chi connectivity index (χ2n) is 3.32. The molecule has 1 fully saturated rings. The van der Waals surface area contributed by atoms with Gasteiger partial charge >= 0.3 is 0 Å². The van der Waals surface area contributed by atoms with Crippen molar-refractivity contribution < 1.29 is 9.59 Å². The van der Waals surface area contributed by atoms with Crippen LogP contribution in [0.1, 0.15) is 22.5 Å². The van der Waals surface area contributed by atoms with Gasteiger partial charge in [-0.15, -0.1) is 11.3 Å². The number of amides is 1. The average Bonchev–Trinajstić information content (AvgIpc) is 2.77. The minimum Gasteiger partial charge on any atom is -0.335 e. The van der Waals surface area contributed by atoms with Gasteiger partial charge in [0.15, 0.2) is 5.78 Å². The van der Waals surface area contributed by atoms with E-state index in [1.807, 2.05) is 11.4 Å². The maximum atomic E-state index is 11.6. The van der Waals surface area contributed by atoms with Gasteiger partial charge in [0, 0.05) is 13.0 Å². The molecule has 2 rings (SSSR count). The number of carbonyl (C=O) groups is 2. The largest absolute Gasteiger partial charge is 0.335 e. The minimum absolute atomic E-state index is 0.0512. The van der Waals surface area contributed by atoms with Crippen LogP contribution in [0, 0.1) is 0 Å². The second-order valence-corrected chi connectivity index (χ2v) is 4.27. The van der Waals surface area contributed by atoms with Gasteiger partial charge in [0.2, 0.25) is 5.91 Å². The van der Waals surface area contributed by atoms with Crippen molar-refractivity contribution in [3.05, 3.63) is 22.4 Å². The molecular formula is C10H11NO2S. The Morgan fingerprint density at radius 3 is 3.00 bits per heavy atom. The predicted molar refractivity (Wildman–Crippen MR) is 54.5 cm³/mol. The monoisotopic (exact) mass is 209 g/mol. The Morgan fingerprint density at radius 1 is 1.57 bits per heavy atom. The first kappa shape index (κ1) is 9.40. The zero-order chi connectivity index (χ0) is 9.97. The number of rotatable bonds is 3. The molecule has 74 valence electrons. The third-order valence-electron chi connectivity index (χ3n) is 2.30. The molecule has 4 heteroatoms. The molecule has 0 saturated carbocycles. The molecule has 0 radical (unpaired) electrons. The summed E-state index contributed by atoms with van der Waals surface area (Å²) < 4.78 is 0. The standard InChI is InChI=1S/C10H11NO2S/c12-8(9-3-2-6-14-9)7-11-5-1-4-10(11)13/h2-3,6H,1,4-5,7H2. The minimum atomic E-state index is 0.0512. The van der Waals surface area contributed by atoms with E-state index in [4.69, 9.17) is 0 Å². The number of Topliss-reactive ketones (excluding diaryl/α,β-unsaturated/α-hetero) is 1. The fourth-order valence-electron chi connectivity index (χ4n) is 1.56. The van der Waals surface area contributed by atoms with Gasteiger partial charge in [-0.05, 0) is 17.9 Å². The third-order valence-corrected chi connectivity index (χ3v) is 3.21. The van der Waals surface area contributed by atoms with Crippen LogP contribution in [0.4, 0.5) is 0 Å². The zero-order valence-electron chi connectivity index (χ0n) is 7.73. The van der Waals surface area contributed by atoms with Gasteiger partial charge < -0.3 is 4.90 Å². The number of hydrogen-bond donors (Lipinski definition) is 0.